The van der Waals surface area contributed by atoms with Gasteiger partial charge in [0.2, 0.25) is 0 Å². The van der Waals surface area contributed by atoms with Gasteiger partial charge in [-0.3, -0.25) is 0 Å². The van der Waals surface area contributed by atoms with E-state index in [0.29, 0.717) is 137 Å². The van der Waals surface area contributed by atoms with Crippen molar-refractivity contribution in [2.75, 3.05) is 114 Å². The maximum Gasteiger partial charge on any atom is 0.123 e. The molecular weight excluding hydrogens is 1510 g/mol. The molecule has 3 aromatic heterocycles. The molecule has 8 bridgehead atoms. The standard InChI is InChI=1S/C100H86N4O16/c1-105-65-17-53(18-66(41-65)106-2)57-33-81(61-25-73(113-9)45-74(26-61)114-10)97-85(37-57)89-49-94-98-82(62-27-75(115-11)46-76(28-62)116-12)34-58(54-19-67(107-3)42-68(20-54)108-4)39-87(98)91(102-94)51-96-100-84(64-31-79(119-15)48-80(32-64)120-16)36-60(56-23-71(111-7)44-72(24-56)112-8)40-88(100)92(104-96)52-95-99-83(63-29-77(117-13)47-78(30-63)118-14)35-59(38-86(99)90(103-95)50-93(97)101-89)55-21-69(109-5)43-70(22-55)110-6/h17-52,101,104H,1-16H3. The first-order valence-corrected chi connectivity index (χ1v) is 38.5. The van der Waals surface area contributed by atoms with Gasteiger partial charge in [-0.1, -0.05) is 0 Å². The number of aromatic nitrogens is 4. The number of methoxy groups -OCH3 is 16. The Hall–Kier alpha value is -14.9. The molecule has 0 saturated carbocycles. The second-order valence-corrected chi connectivity index (χ2v) is 28.8. The Morgan fingerprint density at radius 2 is 0.333 bits per heavy atom. The van der Waals surface area contributed by atoms with Crippen LogP contribution in [0.25, 0.3) is 178 Å². The lowest BCUT2D eigenvalue weighted by atomic mass is 9.88. The van der Waals surface area contributed by atoms with Crippen LogP contribution in [0.15, 0.2) is 218 Å². The predicted molar refractivity (Wildman–Crippen MR) is 473 cm³/mol. The topological polar surface area (TPSA) is 205 Å². The molecule has 2 aliphatic rings. The molecule has 17 rings (SSSR count). The Balaban J connectivity index is 1.14. The molecule has 2 N–H and O–H groups in total. The molecule has 12 aromatic carbocycles. The molecule has 20 heteroatoms. The fourth-order valence-corrected chi connectivity index (χ4v) is 16.3. The van der Waals surface area contributed by atoms with Crippen LogP contribution >= 0.6 is 0 Å². The fourth-order valence-electron chi connectivity index (χ4n) is 16.3. The summed E-state index contributed by atoms with van der Waals surface area (Å²) in [5.41, 5.74) is 21.3. The van der Waals surface area contributed by atoms with Crippen LogP contribution in [0.1, 0.15) is 0 Å². The van der Waals surface area contributed by atoms with Crippen molar-refractivity contribution in [3.8, 4) is 226 Å². The number of H-pyrrole nitrogens is 2. The quantitative estimate of drug-likeness (QED) is 0.0577. The highest BCUT2D eigenvalue weighted by Crippen LogP contribution is 2.54. The van der Waals surface area contributed by atoms with Crippen molar-refractivity contribution >= 4 is 43.6 Å². The molecule has 0 amide bonds. The van der Waals surface area contributed by atoms with Crippen LogP contribution < -0.4 is 75.8 Å². The van der Waals surface area contributed by atoms with Gasteiger partial charge in [-0.15, -0.1) is 0 Å². The Morgan fingerprint density at radius 1 is 0.158 bits per heavy atom. The molecule has 0 saturated heterocycles. The summed E-state index contributed by atoms with van der Waals surface area (Å²) in [5, 5.41) is 3.27. The number of hydrogen-bond donors (Lipinski definition) is 2. The average Bonchev–Trinajstić information content (AvgIpc) is 1.57. The molecule has 120 heavy (non-hydrogen) atoms. The Morgan fingerprint density at radius 3 is 0.558 bits per heavy atom. The van der Waals surface area contributed by atoms with Crippen molar-refractivity contribution < 1.29 is 75.8 Å². The van der Waals surface area contributed by atoms with Crippen molar-refractivity contribution in [2.45, 2.75) is 0 Å². The SMILES string of the molecule is COc1cc(OC)cc(-c2cc(-c3cc(OC)cc(OC)c3)c3c(c2)-c2cc4[nH]c(cc5nc(cc6[nH]c(cc-3n2)c2cc(-c3cc(OC)cc(OC)c3)cc(-c3cc(OC)cc(OC)c3)c62)-c2cc(-c3cc(OC)cc(OC)c3)cc(-c3cc(OC)cc(OC)c3)c2-5)c2cc(-c3cc(OC)cc(OC)c3)cc(-c3cc(OC)cc(OC)c3)c42)c1. The van der Waals surface area contributed by atoms with Crippen LogP contribution in [-0.4, -0.2) is 134 Å². The lowest BCUT2D eigenvalue weighted by molar-refractivity contribution is 0.394. The monoisotopic (exact) mass is 1600 g/mol. The lowest BCUT2D eigenvalue weighted by Gasteiger charge is -2.16. The van der Waals surface area contributed by atoms with Crippen LogP contribution in [0.3, 0.4) is 0 Å². The van der Waals surface area contributed by atoms with Crippen molar-refractivity contribution in [3.63, 3.8) is 0 Å². The number of nitrogens with one attached hydrogen (secondary N) is 2. The fraction of sp³-hybridized carbons (Fsp3) is 0.160. The van der Waals surface area contributed by atoms with E-state index in [9.17, 15) is 0 Å². The Labute approximate surface area is 693 Å². The van der Waals surface area contributed by atoms with Crippen molar-refractivity contribution in [1.29, 1.82) is 0 Å². The molecule has 2 aliphatic heterocycles. The average molecular weight is 1600 g/mol. The number of ether oxygens (including phenoxy) is 16. The third-order valence-electron chi connectivity index (χ3n) is 22.3. The molecule has 0 spiro atoms. The summed E-state index contributed by atoms with van der Waals surface area (Å²) in [5.74, 6) is 9.38. The summed E-state index contributed by atoms with van der Waals surface area (Å²) in [7, 11) is 26.4. The summed E-state index contributed by atoms with van der Waals surface area (Å²) in [6, 6.07) is 73.2. The maximum absolute atomic E-state index is 6.13. The zero-order valence-electron chi connectivity index (χ0n) is 69.2. The van der Waals surface area contributed by atoms with E-state index in [-0.39, 0.29) is 0 Å². The number of benzene rings is 12. The highest BCUT2D eigenvalue weighted by atomic mass is 16.5. The molecule has 20 nitrogen and oxygen atoms in total. The van der Waals surface area contributed by atoms with E-state index in [1.165, 1.54) is 0 Å². The normalized spacial score (nSPS) is 11.3. The van der Waals surface area contributed by atoms with Gasteiger partial charge >= 0.3 is 0 Å². The maximum atomic E-state index is 6.13. The minimum absolute atomic E-state index is 0.574. The number of rotatable bonds is 24. The predicted octanol–water partition coefficient (Wildman–Crippen LogP) is 22.8. The summed E-state index contributed by atoms with van der Waals surface area (Å²) < 4.78 is 97.2. The van der Waals surface area contributed by atoms with Crippen LogP contribution in [0.4, 0.5) is 0 Å². The van der Waals surface area contributed by atoms with Gasteiger partial charge in [0, 0.05) is 114 Å². The number of fused-ring (bicyclic) bond motifs is 20. The Bertz CT molecular complexity index is 6220. The molecule has 0 atom stereocenters. The zero-order valence-corrected chi connectivity index (χ0v) is 69.2. The van der Waals surface area contributed by atoms with Crippen LogP contribution in [0.2, 0.25) is 0 Å². The first-order chi connectivity index (χ1) is 58.5. The number of aromatic amines is 2. The van der Waals surface area contributed by atoms with E-state index in [0.717, 1.165) is 133 Å². The molecule has 602 valence electrons. The molecular formula is C100H86N4O16. The van der Waals surface area contributed by atoms with E-state index in [4.69, 9.17) is 85.8 Å². The van der Waals surface area contributed by atoms with Crippen LogP contribution in [0.5, 0.6) is 92.0 Å². The van der Waals surface area contributed by atoms with E-state index >= 15 is 0 Å². The van der Waals surface area contributed by atoms with E-state index in [2.05, 4.69) is 82.8 Å². The van der Waals surface area contributed by atoms with E-state index in [1.807, 2.05) is 146 Å². The van der Waals surface area contributed by atoms with Gasteiger partial charge in [0.25, 0.3) is 0 Å². The number of nitrogens with zero attached hydrogens (tertiary/aromatic N) is 2. The highest BCUT2D eigenvalue weighted by molar-refractivity contribution is 6.19. The van der Waals surface area contributed by atoms with Gasteiger partial charge in [0.15, 0.2) is 0 Å². The third kappa shape index (κ3) is 14.4. The Kier molecular flexibility index (Phi) is 20.9. The highest BCUT2D eigenvalue weighted by Gasteiger charge is 2.30. The third-order valence-corrected chi connectivity index (χ3v) is 22.3. The molecule has 0 radical (unpaired) electrons. The van der Waals surface area contributed by atoms with Crippen molar-refractivity contribution in [1.82, 2.24) is 19.9 Å². The zero-order chi connectivity index (χ0) is 83.3. The van der Waals surface area contributed by atoms with Gasteiger partial charge in [0.05, 0.1) is 137 Å². The second-order valence-electron chi connectivity index (χ2n) is 28.8. The van der Waals surface area contributed by atoms with Gasteiger partial charge in [0.1, 0.15) is 92.0 Å². The van der Waals surface area contributed by atoms with E-state index < -0.39 is 0 Å². The summed E-state index contributed by atoms with van der Waals surface area (Å²) in [6.45, 7) is 0. The first kappa shape index (κ1) is 77.6. The smallest absolute Gasteiger partial charge is 0.123 e. The minimum atomic E-state index is 0.574. The second kappa shape index (κ2) is 32.3. The molecule has 5 heterocycles. The van der Waals surface area contributed by atoms with Crippen molar-refractivity contribution in [3.05, 3.63) is 218 Å². The van der Waals surface area contributed by atoms with Crippen molar-refractivity contribution in [2.24, 2.45) is 0 Å². The minimum Gasteiger partial charge on any atom is -0.497 e. The van der Waals surface area contributed by atoms with Gasteiger partial charge in [-0.05, 0) is 259 Å². The molecule has 15 aromatic rings. The molecule has 0 fully saturated rings. The summed E-state index contributed by atoms with van der Waals surface area (Å²) in [4.78, 5) is 20.2. The van der Waals surface area contributed by atoms with Gasteiger partial charge in [-0.2, -0.15) is 0 Å². The molecule has 0 unspecified atom stereocenters. The van der Waals surface area contributed by atoms with E-state index in [1.54, 1.807) is 114 Å². The van der Waals surface area contributed by atoms with Crippen LogP contribution in [-0.2, 0) is 0 Å². The summed E-state index contributed by atoms with van der Waals surface area (Å²) in [6.07, 6.45) is 0. The van der Waals surface area contributed by atoms with Crippen LogP contribution in [0, 0.1) is 0 Å². The number of hydrogen-bond acceptors (Lipinski definition) is 18. The van der Waals surface area contributed by atoms with Gasteiger partial charge in [-0.25, -0.2) is 9.97 Å². The molecule has 0 aliphatic carbocycles. The lowest BCUT2D eigenvalue weighted by Crippen LogP contribution is -1.93. The van der Waals surface area contributed by atoms with Gasteiger partial charge < -0.3 is 85.8 Å². The largest absolute Gasteiger partial charge is 0.497 e. The first-order valence-electron chi connectivity index (χ1n) is 38.5. The summed E-state index contributed by atoms with van der Waals surface area (Å²) >= 11 is 0.